The van der Waals surface area contributed by atoms with Crippen LogP contribution in [0.25, 0.3) is 0 Å². The van der Waals surface area contributed by atoms with E-state index in [-0.39, 0.29) is 0 Å². The molecule has 0 unspecified atom stereocenters. The number of hydrogen-bond donors (Lipinski definition) is 1. The quantitative estimate of drug-likeness (QED) is 0.844. The number of nitrogens with two attached hydrogens (primary N) is 1. The number of thiocarbonyl (C=S) groups is 1. The van der Waals surface area contributed by atoms with Gasteiger partial charge in [-0.05, 0) is 35.7 Å². The summed E-state index contributed by atoms with van der Waals surface area (Å²) in [6.07, 6.45) is 1.03. The number of rotatable bonds is 5. The van der Waals surface area contributed by atoms with Crippen LogP contribution in [0.2, 0.25) is 5.02 Å². The standard InChI is InChI=1S/C16H16ClNOS/c1-2-11-3-5-12(6-4-11)10-19-15-9-13(17)7-8-14(15)16(18)20/h3-9H,2,10H2,1H3,(H2,18,20). The van der Waals surface area contributed by atoms with Crippen molar-refractivity contribution in [2.75, 3.05) is 0 Å². The normalized spacial score (nSPS) is 10.3. The molecule has 2 nitrogen and oxygen atoms in total. The van der Waals surface area contributed by atoms with Crippen LogP contribution in [0.15, 0.2) is 42.5 Å². The second-order valence-corrected chi connectivity index (χ2v) is 5.34. The van der Waals surface area contributed by atoms with E-state index >= 15 is 0 Å². The Bertz CT molecular complexity index is 610. The molecule has 20 heavy (non-hydrogen) atoms. The highest BCUT2D eigenvalue weighted by atomic mass is 35.5. The summed E-state index contributed by atoms with van der Waals surface area (Å²) in [6.45, 7) is 2.59. The molecule has 104 valence electrons. The van der Waals surface area contributed by atoms with Crippen molar-refractivity contribution < 1.29 is 4.74 Å². The Morgan fingerprint density at radius 1 is 1.15 bits per heavy atom. The second-order valence-electron chi connectivity index (χ2n) is 4.46. The number of aryl methyl sites for hydroxylation is 1. The van der Waals surface area contributed by atoms with Crippen molar-refractivity contribution in [2.24, 2.45) is 5.73 Å². The largest absolute Gasteiger partial charge is 0.488 e. The van der Waals surface area contributed by atoms with E-state index in [2.05, 4.69) is 31.2 Å². The average Bonchev–Trinajstić information content (AvgIpc) is 2.45. The highest BCUT2D eigenvalue weighted by Gasteiger charge is 2.07. The fourth-order valence-corrected chi connectivity index (χ4v) is 2.18. The zero-order valence-corrected chi connectivity index (χ0v) is 12.8. The lowest BCUT2D eigenvalue weighted by molar-refractivity contribution is 0.305. The topological polar surface area (TPSA) is 35.2 Å². The van der Waals surface area contributed by atoms with Crippen LogP contribution >= 0.6 is 23.8 Å². The van der Waals surface area contributed by atoms with E-state index in [0.717, 1.165) is 12.0 Å². The van der Waals surface area contributed by atoms with Gasteiger partial charge in [-0.15, -0.1) is 0 Å². The van der Waals surface area contributed by atoms with E-state index in [1.54, 1.807) is 18.2 Å². The van der Waals surface area contributed by atoms with Gasteiger partial charge in [0.1, 0.15) is 17.3 Å². The van der Waals surface area contributed by atoms with Crippen molar-refractivity contribution in [3.05, 3.63) is 64.2 Å². The maximum Gasteiger partial charge on any atom is 0.131 e. The van der Waals surface area contributed by atoms with E-state index < -0.39 is 0 Å². The summed E-state index contributed by atoms with van der Waals surface area (Å²) in [7, 11) is 0. The molecular formula is C16H16ClNOS. The second kappa shape index (κ2) is 6.73. The monoisotopic (exact) mass is 305 g/mol. The molecule has 0 aromatic heterocycles. The molecule has 0 saturated heterocycles. The van der Waals surface area contributed by atoms with Crippen LogP contribution in [0, 0.1) is 0 Å². The summed E-state index contributed by atoms with van der Waals surface area (Å²) in [6, 6.07) is 13.6. The Hall–Kier alpha value is -1.58. The van der Waals surface area contributed by atoms with Gasteiger partial charge >= 0.3 is 0 Å². The molecule has 0 bridgehead atoms. The molecule has 0 aliphatic carbocycles. The number of hydrogen-bond acceptors (Lipinski definition) is 2. The Morgan fingerprint density at radius 3 is 2.40 bits per heavy atom. The van der Waals surface area contributed by atoms with Crippen molar-refractivity contribution in [1.82, 2.24) is 0 Å². The number of benzene rings is 2. The smallest absolute Gasteiger partial charge is 0.131 e. The van der Waals surface area contributed by atoms with Crippen LogP contribution in [0.4, 0.5) is 0 Å². The predicted octanol–water partition coefficient (Wildman–Crippen LogP) is 4.12. The predicted molar refractivity (Wildman–Crippen MR) is 87.5 cm³/mol. The van der Waals surface area contributed by atoms with Crippen molar-refractivity contribution in [3.63, 3.8) is 0 Å². The Balaban J connectivity index is 2.13. The van der Waals surface area contributed by atoms with Gasteiger partial charge < -0.3 is 10.5 Å². The summed E-state index contributed by atoms with van der Waals surface area (Å²) < 4.78 is 5.79. The van der Waals surface area contributed by atoms with Gasteiger partial charge in [0.2, 0.25) is 0 Å². The van der Waals surface area contributed by atoms with Crippen LogP contribution in [0.3, 0.4) is 0 Å². The van der Waals surface area contributed by atoms with Crippen molar-refractivity contribution in [3.8, 4) is 5.75 Å². The van der Waals surface area contributed by atoms with E-state index in [4.69, 9.17) is 34.3 Å². The first-order valence-corrected chi connectivity index (χ1v) is 7.18. The van der Waals surface area contributed by atoms with Gasteiger partial charge in [0.15, 0.2) is 0 Å². The summed E-state index contributed by atoms with van der Waals surface area (Å²) >= 11 is 11.0. The van der Waals surface area contributed by atoms with Crippen LogP contribution in [-0.2, 0) is 13.0 Å². The highest BCUT2D eigenvalue weighted by molar-refractivity contribution is 7.80. The van der Waals surface area contributed by atoms with Crippen LogP contribution < -0.4 is 10.5 Å². The van der Waals surface area contributed by atoms with Crippen molar-refractivity contribution >= 4 is 28.8 Å². The van der Waals surface area contributed by atoms with E-state index in [1.807, 2.05) is 0 Å². The first kappa shape index (κ1) is 14.8. The van der Waals surface area contributed by atoms with E-state index in [1.165, 1.54) is 5.56 Å². The zero-order valence-electron chi connectivity index (χ0n) is 11.2. The summed E-state index contributed by atoms with van der Waals surface area (Å²) in [5.41, 5.74) is 8.78. The van der Waals surface area contributed by atoms with Crippen LogP contribution in [0.1, 0.15) is 23.6 Å². The fraction of sp³-hybridized carbons (Fsp3) is 0.188. The molecule has 0 spiro atoms. The third-order valence-electron chi connectivity index (χ3n) is 3.03. The zero-order chi connectivity index (χ0) is 14.5. The molecular weight excluding hydrogens is 290 g/mol. The molecule has 2 aromatic carbocycles. The maximum atomic E-state index is 5.98. The minimum absolute atomic E-state index is 0.304. The van der Waals surface area contributed by atoms with Gasteiger partial charge in [-0.1, -0.05) is 55.0 Å². The van der Waals surface area contributed by atoms with Crippen LogP contribution in [0.5, 0.6) is 5.75 Å². The van der Waals surface area contributed by atoms with Crippen LogP contribution in [-0.4, -0.2) is 4.99 Å². The Morgan fingerprint density at radius 2 is 1.80 bits per heavy atom. The number of ether oxygens (including phenoxy) is 1. The van der Waals surface area contributed by atoms with Gasteiger partial charge in [-0.2, -0.15) is 0 Å². The molecule has 4 heteroatoms. The lowest BCUT2D eigenvalue weighted by Crippen LogP contribution is -2.11. The van der Waals surface area contributed by atoms with E-state index in [9.17, 15) is 0 Å². The lowest BCUT2D eigenvalue weighted by atomic mass is 10.1. The van der Waals surface area contributed by atoms with Gasteiger partial charge in [-0.3, -0.25) is 0 Å². The maximum absolute atomic E-state index is 5.98. The molecule has 0 fully saturated rings. The minimum Gasteiger partial charge on any atom is -0.488 e. The van der Waals surface area contributed by atoms with Gasteiger partial charge in [0, 0.05) is 5.02 Å². The molecule has 0 aliphatic heterocycles. The van der Waals surface area contributed by atoms with Gasteiger partial charge in [-0.25, -0.2) is 0 Å². The first-order valence-electron chi connectivity index (χ1n) is 6.40. The highest BCUT2D eigenvalue weighted by Crippen LogP contribution is 2.24. The lowest BCUT2D eigenvalue weighted by Gasteiger charge is -2.11. The Kier molecular flexibility index (Phi) is 4.99. The van der Waals surface area contributed by atoms with Crippen molar-refractivity contribution in [2.45, 2.75) is 20.0 Å². The Labute approximate surface area is 129 Å². The SMILES string of the molecule is CCc1ccc(COc2cc(Cl)ccc2C(N)=S)cc1. The molecule has 0 atom stereocenters. The molecule has 2 aromatic rings. The van der Waals surface area contributed by atoms with Crippen molar-refractivity contribution in [1.29, 1.82) is 0 Å². The summed E-state index contributed by atoms with van der Waals surface area (Å²) in [4.78, 5) is 0.304. The third kappa shape index (κ3) is 3.71. The molecule has 2 N–H and O–H groups in total. The van der Waals surface area contributed by atoms with Gasteiger partial charge in [0.25, 0.3) is 0 Å². The molecule has 0 saturated carbocycles. The van der Waals surface area contributed by atoms with Gasteiger partial charge in [0.05, 0.1) is 5.56 Å². The molecule has 0 amide bonds. The molecule has 0 radical (unpaired) electrons. The molecule has 0 aliphatic rings. The first-order chi connectivity index (χ1) is 9.60. The summed E-state index contributed by atoms with van der Waals surface area (Å²) in [5.74, 6) is 0.615. The third-order valence-corrected chi connectivity index (χ3v) is 3.49. The molecule has 0 heterocycles. The molecule has 2 rings (SSSR count). The van der Waals surface area contributed by atoms with E-state index in [0.29, 0.717) is 27.9 Å². The average molecular weight is 306 g/mol. The minimum atomic E-state index is 0.304. The number of halogens is 1. The fourth-order valence-electron chi connectivity index (χ4n) is 1.85. The summed E-state index contributed by atoms with van der Waals surface area (Å²) in [5, 5.41) is 0.598.